The standard InChI is InChI=1S/C24H29ClFN3O4/c1-32-24(31)20(29-23(30)18-8-4-9-19(26)21(18)25)12-15-33-14-3-2-7-17-11-10-16-6-5-13-27-22(16)28-17/h4,8-11,20H,2-3,5-7,12-15H2,1H3,(H,27,28)(H,29,30). The molecule has 9 heteroatoms. The Kier molecular flexibility index (Phi) is 9.45. The second-order valence-corrected chi connectivity index (χ2v) is 8.23. The van der Waals surface area contributed by atoms with Crippen molar-refractivity contribution in [3.05, 3.63) is 58.0 Å². The molecule has 0 saturated heterocycles. The number of anilines is 1. The van der Waals surface area contributed by atoms with Gasteiger partial charge in [-0.25, -0.2) is 14.2 Å². The Morgan fingerprint density at radius 2 is 2.09 bits per heavy atom. The Hall–Kier alpha value is -2.71. The lowest BCUT2D eigenvalue weighted by Crippen LogP contribution is -2.42. The monoisotopic (exact) mass is 477 g/mol. The first kappa shape index (κ1) is 24.9. The van der Waals surface area contributed by atoms with Crippen LogP contribution in [0.4, 0.5) is 10.2 Å². The molecule has 0 spiro atoms. The highest BCUT2D eigenvalue weighted by Crippen LogP contribution is 2.21. The molecule has 1 amide bonds. The van der Waals surface area contributed by atoms with Crippen molar-refractivity contribution in [1.82, 2.24) is 10.3 Å². The summed E-state index contributed by atoms with van der Waals surface area (Å²) in [6.45, 7) is 1.76. The quantitative estimate of drug-likeness (QED) is 0.376. The first-order valence-corrected chi connectivity index (χ1v) is 11.5. The van der Waals surface area contributed by atoms with Crippen molar-refractivity contribution in [2.75, 3.05) is 32.2 Å². The van der Waals surface area contributed by atoms with Gasteiger partial charge in [0.2, 0.25) is 0 Å². The molecule has 1 aromatic heterocycles. The summed E-state index contributed by atoms with van der Waals surface area (Å²) >= 11 is 5.85. The van der Waals surface area contributed by atoms with E-state index < -0.39 is 23.7 Å². The number of aromatic nitrogens is 1. The summed E-state index contributed by atoms with van der Waals surface area (Å²) in [7, 11) is 1.24. The number of amides is 1. The van der Waals surface area contributed by atoms with Gasteiger partial charge in [-0.15, -0.1) is 0 Å². The number of unbranched alkanes of at least 4 members (excludes halogenated alkanes) is 1. The highest BCUT2D eigenvalue weighted by atomic mass is 35.5. The molecule has 3 rings (SSSR count). The number of hydrogen-bond acceptors (Lipinski definition) is 6. The summed E-state index contributed by atoms with van der Waals surface area (Å²) in [6.07, 6.45) is 5.09. The molecule has 0 fully saturated rings. The predicted octanol–water partition coefficient (Wildman–Crippen LogP) is 3.93. The molecule has 0 bridgehead atoms. The minimum Gasteiger partial charge on any atom is -0.467 e. The summed E-state index contributed by atoms with van der Waals surface area (Å²) in [5, 5.41) is 5.60. The number of rotatable bonds is 11. The zero-order chi connectivity index (χ0) is 23.6. The third kappa shape index (κ3) is 7.14. The number of methoxy groups -OCH3 is 1. The molecule has 0 saturated carbocycles. The minimum atomic E-state index is -0.922. The Morgan fingerprint density at radius 1 is 1.24 bits per heavy atom. The SMILES string of the molecule is COC(=O)C(CCOCCCCc1ccc2c(n1)NCCC2)NC(=O)c1cccc(F)c1Cl. The molecular weight excluding hydrogens is 449 g/mol. The van der Waals surface area contributed by atoms with Gasteiger partial charge in [0, 0.05) is 31.9 Å². The lowest BCUT2D eigenvalue weighted by atomic mass is 10.1. The molecule has 0 radical (unpaired) electrons. The van der Waals surface area contributed by atoms with E-state index in [0.717, 1.165) is 56.2 Å². The molecule has 33 heavy (non-hydrogen) atoms. The number of pyridine rings is 1. The van der Waals surface area contributed by atoms with Gasteiger partial charge in [0.1, 0.15) is 17.7 Å². The van der Waals surface area contributed by atoms with E-state index in [1.165, 1.54) is 24.8 Å². The van der Waals surface area contributed by atoms with Gasteiger partial charge >= 0.3 is 5.97 Å². The molecular formula is C24H29ClFN3O4. The molecule has 178 valence electrons. The number of benzene rings is 1. The van der Waals surface area contributed by atoms with Crippen molar-refractivity contribution >= 4 is 29.3 Å². The molecule has 2 N–H and O–H groups in total. The van der Waals surface area contributed by atoms with E-state index in [1.807, 2.05) is 0 Å². The van der Waals surface area contributed by atoms with E-state index in [9.17, 15) is 14.0 Å². The Bertz CT molecular complexity index is 973. The molecule has 0 aliphatic carbocycles. The van der Waals surface area contributed by atoms with Crippen LogP contribution >= 0.6 is 11.6 Å². The van der Waals surface area contributed by atoms with Gasteiger partial charge in [0.05, 0.1) is 17.7 Å². The summed E-state index contributed by atoms with van der Waals surface area (Å²) in [5.74, 6) is -0.956. The number of carbonyl (C=O) groups is 2. The zero-order valence-electron chi connectivity index (χ0n) is 18.7. The largest absolute Gasteiger partial charge is 0.467 e. The fraction of sp³-hybridized carbons (Fsp3) is 0.458. The molecule has 1 aliphatic rings. The number of esters is 1. The van der Waals surface area contributed by atoms with Crippen molar-refractivity contribution in [2.45, 2.75) is 44.6 Å². The van der Waals surface area contributed by atoms with Crippen molar-refractivity contribution in [2.24, 2.45) is 0 Å². The van der Waals surface area contributed by atoms with Gasteiger partial charge in [-0.05, 0) is 55.9 Å². The fourth-order valence-electron chi connectivity index (χ4n) is 3.63. The van der Waals surface area contributed by atoms with Crippen LogP contribution in [0, 0.1) is 5.82 Å². The number of halogens is 2. The maximum atomic E-state index is 13.6. The van der Waals surface area contributed by atoms with E-state index in [-0.39, 0.29) is 23.6 Å². The number of fused-ring (bicyclic) bond motifs is 1. The summed E-state index contributed by atoms with van der Waals surface area (Å²) in [4.78, 5) is 29.2. The first-order valence-electron chi connectivity index (χ1n) is 11.1. The molecule has 7 nitrogen and oxygen atoms in total. The highest BCUT2D eigenvalue weighted by Gasteiger charge is 2.23. The number of nitrogens with zero attached hydrogens (tertiary/aromatic N) is 1. The van der Waals surface area contributed by atoms with Crippen LogP contribution in [0.3, 0.4) is 0 Å². The minimum absolute atomic E-state index is 0.0440. The third-order valence-corrected chi connectivity index (χ3v) is 5.85. The van der Waals surface area contributed by atoms with E-state index in [2.05, 4.69) is 27.8 Å². The van der Waals surface area contributed by atoms with Crippen LogP contribution in [0.1, 0.15) is 47.3 Å². The van der Waals surface area contributed by atoms with Crippen LogP contribution in [0.2, 0.25) is 5.02 Å². The second-order valence-electron chi connectivity index (χ2n) is 7.85. The normalized spacial score (nSPS) is 13.5. The average Bonchev–Trinajstić information content (AvgIpc) is 2.83. The van der Waals surface area contributed by atoms with E-state index in [0.29, 0.717) is 6.61 Å². The van der Waals surface area contributed by atoms with E-state index >= 15 is 0 Å². The highest BCUT2D eigenvalue weighted by molar-refractivity contribution is 6.34. The molecule has 1 atom stereocenters. The van der Waals surface area contributed by atoms with Gasteiger partial charge < -0.3 is 20.1 Å². The number of ether oxygens (including phenoxy) is 2. The van der Waals surface area contributed by atoms with Gasteiger partial charge in [-0.2, -0.15) is 0 Å². The zero-order valence-corrected chi connectivity index (χ0v) is 19.4. The van der Waals surface area contributed by atoms with Crippen LogP contribution in [-0.2, 0) is 27.1 Å². The lowest BCUT2D eigenvalue weighted by Gasteiger charge is -2.17. The van der Waals surface area contributed by atoms with Crippen LogP contribution in [0.5, 0.6) is 0 Å². The molecule has 1 aliphatic heterocycles. The third-order valence-electron chi connectivity index (χ3n) is 5.46. The lowest BCUT2D eigenvalue weighted by molar-refractivity contribution is -0.143. The summed E-state index contributed by atoms with van der Waals surface area (Å²) in [5.41, 5.74) is 2.30. The maximum absolute atomic E-state index is 13.6. The molecule has 1 unspecified atom stereocenters. The van der Waals surface area contributed by atoms with Gasteiger partial charge in [0.15, 0.2) is 0 Å². The van der Waals surface area contributed by atoms with E-state index in [4.69, 9.17) is 21.1 Å². The number of carbonyl (C=O) groups excluding carboxylic acids is 2. The number of nitrogens with one attached hydrogen (secondary N) is 2. The van der Waals surface area contributed by atoms with Crippen LogP contribution in [-0.4, -0.2) is 49.8 Å². The maximum Gasteiger partial charge on any atom is 0.328 e. The van der Waals surface area contributed by atoms with Crippen LogP contribution in [0.15, 0.2) is 30.3 Å². The van der Waals surface area contributed by atoms with Gasteiger partial charge in [-0.1, -0.05) is 23.7 Å². The van der Waals surface area contributed by atoms with Crippen LogP contribution in [0.25, 0.3) is 0 Å². The van der Waals surface area contributed by atoms with Gasteiger partial charge in [-0.3, -0.25) is 4.79 Å². The summed E-state index contributed by atoms with van der Waals surface area (Å²) < 4.78 is 24.0. The predicted molar refractivity (Wildman–Crippen MR) is 124 cm³/mol. The molecule has 2 heterocycles. The number of hydrogen-bond donors (Lipinski definition) is 2. The second kappa shape index (κ2) is 12.5. The van der Waals surface area contributed by atoms with Crippen molar-refractivity contribution in [3.8, 4) is 0 Å². The Morgan fingerprint density at radius 3 is 2.91 bits per heavy atom. The molecule has 2 aromatic rings. The van der Waals surface area contributed by atoms with Crippen molar-refractivity contribution < 1.29 is 23.5 Å². The Labute approximate surface area is 198 Å². The Balaban J connectivity index is 1.38. The van der Waals surface area contributed by atoms with Crippen molar-refractivity contribution in [1.29, 1.82) is 0 Å². The summed E-state index contributed by atoms with van der Waals surface area (Å²) in [6, 6.07) is 7.24. The van der Waals surface area contributed by atoms with E-state index in [1.54, 1.807) is 0 Å². The topological polar surface area (TPSA) is 89.6 Å². The first-order chi connectivity index (χ1) is 16.0. The number of aryl methyl sites for hydroxylation is 2. The fourth-order valence-corrected chi connectivity index (χ4v) is 3.84. The molecule has 1 aromatic carbocycles. The smallest absolute Gasteiger partial charge is 0.328 e. The van der Waals surface area contributed by atoms with Gasteiger partial charge in [0.25, 0.3) is 5.91 Å². The van der Waals surface area contributed by atoms with Crippen molar-refractivity contribution in [3.63, 3.8) is 0 Å². The van der Waals surface area contributed by atoms with Crippen LogP contribution < -0.4 is 10.6 Å². The average molecular weight is 478 g/mol.